The normalized spacial score (nSPS) is 17.7. The van der Waals surface area contributed by atoms with E-state index in [2.05, 4.69) is 25.0 Å². The lowest BCUT2D eigenvalue weighted by molar-refractivity contribution is 0.206. The summed E-state index contributed by atoms with van der Waals surface area (Å²) in [7, 11) is -4.29. The molecule has 0 saturated carbocycles. The molecular formula is C12H26O4S. The van der Waals surface area contributed by atoms with Crippen LogP contribution in [0, 0.1) is 17.8 Å². The zero-order chi connectivity index (χ0) is 13.5. The molecular weight excluding hydrogens is 240 g/mol. The summed E-state index contributed by atoms with van der Waals surface area (Å²) in [5.41, 5.74) is 0. The van der Waals surface area contributed by atoms with Gasteiger partial charge in [0.05, 0.1) is 6.61 Å². The Kier molecular flexibility index (Phi) is 8.00. The molecule has 0 aliphatic carbocycles. The minimum Gasteiger partial charge on any atom is -0.264 e. The summed E-state index contributed by atoms with van der Waals surface area (Å²) in [5.74, 6) is 1.40. The Morgan fingerprint density at radius 1 is 1.06 bits per heavy atom. The van der Waals surface area contributed by atoms with E-state index in [1.165, 1.54) is 12.8 Å². The van der Waals surface area contributed by atoms with E-state index in [4.69, 9.17) is 4.55 Å². The Morgan fingerprint density at radius 2 is 1.59 bits per heavy atom. The second kappa shape index (κ2) is 8.06. The molecule has 17 heavy (non-hydrogen) atoms. The van der Waals surface area contributed by atoms with Crippen LogP contribution in [0.3, 0.4) is 0 Å². The number of hydrogen-bond donors (Lipinski definition) is 1. The van der Waals surface area contributed by atoms with Gasteiger partial charge in [0, 0.05) is 0 Å². The monoisotopic (exact) mass is 266 g/mol. The summed E-state index contributed by atoms with van der Waals surface area (Å²) in [6.07, 6.45) is 4.52. The molecule has 0 rings (SSSR count). The van der Waals surface area contributed by atoms with Gasteiger partial charge in [-0.15, -0.1) is 0 Å². The highest BCUT2D eigenvalue weighted by molar-refractivity contribution is 7.80. The molecule has 5 heteroatoms. The molecule has 0 radical (unpaired) electrons. The van der Waals surface area contributed by atoms with Crippen LogP contribution in [-0.4, -0.2) is 19.6 Å². The van der Waals surface area contributed by atoms with Gasteiger partial charge in [0.2, 0.25) is 0 Å². The molecule has 0 spiro atoms. The zero-order valence-corrected chi connectivity index (χ0v) is 12.2. The maximum absolute atomic E-state index is 10.4. The van der Waals surface area contributed by atoms with Crippen LogP contribution >= 0.6 is 0 Å². The maximum atomic E-state index is 10.4. The Balaban J connectivity index is 3.83. The van der Waals surface area contributed by atoms with Gasteiger partial charge in [-0.1, -0.05) is 40.5 Å². The maximum Gasteiger partial charge on any atom is 0.397 e. The van der Waals surface area contributed by atoms with Crippen molar-refractivity contribution in [2.45, 2.75) is 53.4 Å². The van der Waals surface area contributed by atoms with Crippen LogP contribution in [0.15, 0.2) is 0 Å². The standard InChI is InChI=1S/C12H26O4S/c1-5-6-10(2)7-11(3)8-12(4)9-16-17(13,14)15/h10-12H,5-9H2,1-4H3,(H,13,14,15)/t10-,11-,12-/m0/s1. The Labute approximate surface area is 106 Å². The highest BCUT2D eigenvalue weighted by atomic mass is 32.3. The van der Waals surface area contributed by atoms with Crippen molar-refractivity contribution in [3.63, 3.8) is 0 Å². The predicted octanol–water partition coefficient (Wildman–Crippen LogP) is 3.29. The summed E-state index contributed by atoms with van der Waals surface area (Å²) in [5, 5.41) is 0. The first kappa shape index (κ1) is 16.9. The summed E-state index contributed by atoms with van der Waals surface area (Å²) in [6, 6.07) is 0. The molecule has 0 fully saturated rings. The first-order chi connectivity index (χ1) is 7.74. The highest BCUT2D eigenvalue weighted by Gasteiger charge is 2.14. The fourth-order valence-corrected chi connectivity index (χ4v) is 2.76. The molecule has 0 heterocycles. The topological polar surface area (TPSA) is 63.6 Å². The van der Waals surface area contributed by atoms with Crippen LogP contribution in [0.1, 0.15) is 53.4 Å². The van der Waals surface area contributed by atoms with Crippen molar-refractivity contribution in [1.29, 1.82) is 0 Å². The van der Waals surface area contributed by atoms with Crippen molar-refractivity contribution in [1.82, 2.24) is 0 Å². The van der Waals surface area contributed by atoms with Gasteiger partial charge in [-0.2, -0.15) is 8.42 Å². The van der Waals surface area contributed by atoms with E-state index in [0.717, 1.165) is 12.8 Å². The SMILES string of the molecule is CCC[C@H](C)C[C@H](C)C[C@H](C)COS(=O)(=O)O. The molecule has 3 atom stereocenters. The second-order valence-electron chi connectivity index (χ2n) is 5.29. The van der Waals surface area contributed by atoms with Crippen molar-refractivity contribution in [3.8, 4) is 0 Å². The first-order valence-corrected chi connectivity index (χ1v) is 7.73. The van der Waals surface area contributed by atoms with Gasteiger partial charge in [-0.05, 0) is 30.6 Å². The van der Waals surface area contributed by atoms with E-state index in [0.29, 0.717) is 11.8 Å². The Hall–Kier alpha value is -0.130. The molecule has 0 aromatic heterocycles. The third-order valence-electron chi connectivity index (χ3n) is 2.89. The first-order valence-electron chi connectivity index (χ1n) is 6.36. The van der Waals surface area contributed by atoms with Gasteiger partial charge < -0.3 is 0 Å². The zero-order valence-electron chi connectivity index (χ0n) is 11.3. The van der Waals surface area contributed by atoms with Crippen molar-refractivity contribution in [2.24, 2.45) is 17.8 Å². The van der Waals surface area contributed by atoms with Gasteiger partial charge in [-0.3, -0.25) is 4.55 Å². The molecule has 0 unspecified atom stereocenters. The fraction of sp³-hybridized carbons (Fsp3) is 1.00. The minimum absolute atomic E-state index is 0.0608. The molecule has 104 valence electrons. The van der Waals surface area contributed by atoms with Crippen molar-refractivity contribution >= 4 is 10.4 Å². The van der Waals surface area contributed by atoms with Gasteiger partial charge in [0.25, 0.3) is 0 Å². The van der Waals surface area contributed by atoms with E-state index in [9.17, 15) is 8.42 Å². The van der Waals surface area contributed by atoms with Gasteiger partial charge in [0.15, 0.2) is 0 Å². The molecule has 0 aromatic rings. The van der Waals surface area contributed by atoms with Crippen molar-refractivity contribution in [2.75, 3.05) is 6.61 Å². The summed E-state index contributed by atoms with van der Waals surface area (Å²) >= 11 is 0. The average Bonchev–Trinajstić information content (AvgIpc) is 2.13. The number of rotatable bonds is 9. The van der Waals surface area contributed by atoms with Crippen LogP contribution in [0.5, 0.6) is 0 Å². The quantitative estimate of drug-likeness (QED) is 0.650. The molecule has 0 saturated heterocycles. The summed E-state index contributed by atoms with van der Waals surface area (Å²) < 4.78 is 33.7. The second-order valence-corrected chi connectivity index (χ2v) is 6.38. The van der Waals surface area contributed by atoms with E-state index in [-0.39, 0.29) is 12.5 Å². The minimum atomic E-state index is -4.29. The van der Waals surface area contributed by atoms with Crippen LogP contribution in [0.4, 0.5) is 0 Å². The largest absolute Gasteiger partial charge is 0.397 e. The fourth-order valence-electron chi connectivity index (χ4n) is 2.35. The van der Waals surface area contributed by atoms with E-state index in [1.54, 1.807) is 0 Å². The lowest BCUT2D eigenvalue weighted by atomic mass is 9.88. The smallest absolute Gasteiger partial charge is 0.264 e. The third-order valence-corrected chi connectivity index (χ3v) is 3.33. The molecule has 4 nitrogen and oxygen atoms in total. The molecule has 1 N–H and O–H groups in total. The molecule has 0 bridgehead atoms. The lowest BCUT2D eigenvalue weighted by Gasteiger charge is -2.19. The van der Waals surface area contributed by atoms with Gasteiger partial charge in [-0.25, -0.2) is 4.18 Å². The molecule has 0 aliphatic heterocycles. The van der Waals surface area contributed by atoms with Gasteiger partial charge in [0.1, 0.15) is 0 Å². The molecule has 0 aliphatic rings. The van der Waals surface area contributed by atoms with Crippen molar-refractivity contribution in [3.05, 3.63) is 0 Å². The van der Waals surface area contributed by atoms with Gasteiger partial charge >= 0.3 is 10.4 Å². The summed E-state index contributed by atoms with van der Waals surface area (Å²) in [4.78, 5) is 0. The van der Waals surface area contributed by atoms with Crippen LogP contribution < -0.4 is 0 Å². The Bertz CT molecular complexity index is 287. The van der Waals surface area contributed by atoms with Crippen LogP contribution in [0.25, 0.3) is 0 Å². The highest BCUT2D eigenvalue weighted by Crippen LogP contribution is 2.22. The van der Waals surface area contributed by atoms with E-state index in [1.807, 2.05) is 6.92 Å². The molecule has 0 amide bonds. The summed E-state index contributed by atoms with van der Waals surface area (Å²) in [6.45, 7) is 8.61. The number of hydrogen-bond acceptors (Lipinski definition) is 3. The van der Waals surface area contributed by atoms with Crippen LogP contribution in [-0.2, 0) is 14.6 Å². The van der Waals surface area contributed by atoms with Crippen LogP contribution in [0.2, 0.25) is 0 Å². The Morgan fingerprint density at radius 3 is 2.06 bits per heavy atom. The van der Waals surface area contributed by atoms with E-state index >= 15 is 0 Å². The molecule has 0 aromatic carbocycles. The van der Waals surface area contributed by atoms with E-state index < -0.39 is 10.4 Å². The predicted molar refractivity (Wildman–Crippen MR) is 69.1 cm³/mol. The average molecular weight is 266 g/mol. The lowest BCUT2D eigenvalue weighted by Crippen LogP contribution is -2.15. The van der Waals surface area contributed by atoms with Crippen molar-refractivity contribution < 1.29 is 17.2 Å². The third kappa shape index (κ3) is 10.7.